The first-order valence-corrected chi connectivity index (χ1v) is 9.12. The highest BCUT2D eigenvalue weighted by molar-refractivity contribution is 6.15. The van der Waals surface area contributed by atoms with Crippen LogP contribution in [0.1, 0.15) is 25.0 Å². The lowest BCUT2D eigenvalue weighted by Gasteiger charge is -2.34. The molecule has 3 aromatic carbocycles. The van der Waals surface area contributed by atoms with Crippen molar-refractivity contribution in [1.29, 1.82) is 0 Å². The SMILES string of the molecule is COc1cccc2c1-c1c3c(OC)cccc3[o+]c3cccc(c13)C2(C)C. The fourth-order valence-corrected chi connectivity index (χ4v) is 4.53. The van der Waals surface area contributed by atoms with Gasteiger partial charge in [0.1, 0.15) is 16.9 Å². The molecule has 1 aromatic heterocycles. The topological polar surface area (TPSA) is 29.8 Å². The molecule has 0 amide bonds. The van der Waals surface area contributed by atoms with Gasteiger partial charge in [0.2, 0.25) is 0 Å². The fourth-order valence-electron chi connectivity index (χ4n) is 4.53. The first-order chi connectivity index (χ1) is 13.1. The molecule has 0 N–H and O–H groups in total. The van der Waals surface area contributed by atoms with Gasteiger partial charge in [-0.2, -0.15) is 0 Å². The van der Waals surface area contributed by atoms with Crippen molar-refractivity contribution >= 4 is 21.9 Å². The largest absolute Gasteiger partial charge is 0.496 e. The normalized spacial score (nSPS) is 14.2. The molecule has 1 aliphatic rings. The molecule has 0 bridgehead atoms. The lowest BCUT2D eigenvalue weighted by molar-refractivity contribution is 0.414. The van der Waals surface area contributed by atoms with E-state index in [0.717, 1.165) is 44.6 Å². The van der Waals surface area contributed by atoms with Crippen LogP contribution < -0.4 is 9.47 Å². The Morgan fingerprint density at radius 2 is 1.26 bits per heavy atom. The quantitative estimate of drug-likeness (QED) is 0.316. The second-order valence-corrected chi connectivity index (χ2v) is 7.50. The van der Waals surface area contributed by atoms with E-state index < -0.39 is 0 Å². The number of hydrogen-bond donors (Lipinski definition) is 0. The van der Waals surface area contributed by atoms with Gasteiger partial charge in [0.25, 0.3) is 0 Å². The summed E-state index contributed by atoms with van der Waals surface area (Å²) in [5.74, 6) is 1.68. The van der Waals surface area contributed by atoms with Crippen LogP contribution in [0.4, 0.5) is 0 Å². The van der Waals surface area contributed by atoms with E-state index in [9.17, 15) is 0 Å². The standard InChI is InChI=1S/C24H21O3/c1-24(2)14-8-5-10-16(25-3)20(14)23-21-15(24)9-6-12-18(21)27-19-13-7-11-17(26-4)22(19)23/h5-13H,1-4H3/q+1. The predicted molar refractivity (Wildman–Crippen MR) is 109 cm³/mol. The zero-order valence-corrected chi connectivity index (χ0v) is 15.9. The van der Waals surface area contributed by atoms with Gasteiger partial charge in [-0.3, -0.25) is 0 Å². The summed E-state index contributed by atoms with van der Waals surface area (Å²) in [5.41, 5.74) is 6.29. The van der Waals surface area contributed by atoms with Crippen molar-refractivity contribution < 1.29 is 13.9 Å². The van der Waals surface area contributed by atoms with Crippen molar-refractivity contribution in [1.82, 2.24) is 0 Å². The van der Waals surface area contributed by atoms with Crippen molar-refractivity contribution in [3.8, 4) is 22.6 Å². The van der Waals surface area contributed by atoms with Crippen molar-refractivity contribution in [3.63, 3.8) is 0 Å². The monoisotopic (exact) mass is 357 g/mol. The number of rotatable bonds is 2. The van der Waals surface area contributed by atoms with E-state index in [-0.39, 0.29) is 5.41 Å². The maximum absolute atomic E-state index is 6.31. The van der Waals surface area contributed by atoms with Gasteiger partial charge in [-0.15, -0.1) is 0 Å². The molecular weight excluding hydrogens is 336 g/mol. The Bertz CT molecular complexity index is 1220. The Kier molecular flexibility index (Phi) is 3.26. The molecule has 0 atom stereocenters. The Labute approximate surface area is 158 Å². The first kappa shape index (κ1) is 16.1. The summed E-state index contributed by atoms with van der Waals surface area (Å²) in [5, 5.41) is 2.12. The van der Waals surface area contributed by atoms with E-state index in [4.69, 9.17) is 13.9 Å². The lowest BCUT2D eigenvalue weighted by Crippen LogP contribution is -2.24. The molecule has 5 rings (SSSR count). The van der Waals surface area contributed by atoms with Crippen LogP contribution >= 0.6 is 0 Å². The summed E-state index contributed by atoms with van der Waals surface area (Å²) in [7, 11) is 3.43. The molecule has 1 aliphatic carbocycles. The number of ether oxygens (including phenoxy) is 2. The third-order valence-corrected chi connectivity index (χ3v) is 5.80. The van der Waals surface area contributed by atoms with Crippen molar-refractivity contribution in [3.05, 3.63) is 65.7 Å². The minimum absolute atomic E-state index is 0.165. The van der Waals surface area contributed by atoms with Gasteiger partial charge in [-0.1, -0.05) is 38.1 Å². The maximum atomic E-state index is 6.31. The number of methoxy groups -OCH3 is 2. The Morgan fingerprint density at radius 1 is 0.667 bits per heavy atom. The van der Waals surface area contributed by atoms with Crippen LogP contribution in [-0.2, 0) is 5.41 Å². The van der Waals surface area contributed by atoms with Crippen LogP contribution in [-0.4, -0.2) is 14.2 Å². The van der Waals surface area contributed by atoms with Crippen LogP contribution in [0, 0.1) is 0 Å². The summed E-state index contributed by atoms with van der Waals surface area (Å²) in [4.78, 5) is 0. The molecule has 3 heteroatoms. The summed E-state index contributed by atoms with van der Waals surface area (Å²) >= 11 is 0. The van der Waals surface area contributed by atoms with Gasteiger partial charge in [-0.25, -0.2) is 4.42 Å². The van der Waals surface area contributed by atoms with E-state index in [2.05, 4.69) is 38.1 Å². The molecular formula is C24H21O3+. The molecule has 0 aliphatic heterocycles. The number of benzene rings is 3. The zero-order valence-electron chi connectivity index (χ0n) is 15.9. The summed E-state index contributed by atoms with van der Waals surface area (Å²) in [6.45, 7) is 4.52. The first-order valence-electron chi connectivity index (χ1n) is 9.12. The average Bonchev–Trinajstić information content (AvgIpc) is 2.69. The molecule has 4 aromatic rings. The third kappa shape index (κ3) is 2.00. The highest BCUT2D eigenvalue weighted by Crippen LogP contribution is 2.54. The second kappa shape index (κ2) is 5.46. The molecule has 27 heavy (non-hydrogen) atoms. The van der Waals surface area contributed by atoms with Gasteiger partial charge < -0.3 is 9.47 Å². The molecule has 3 nitrogen and oxygen atoms in total. The molecule has 134 valence electrons. The highest BCUT2D eigenvalue weighted by atomic mass is 16.5. The Hall–Kier alpha value is -3.07. The van der Waals surface area contributed by atoms with Crippen molar-refractivity contribution in [2.75, 3.05) is 14.2 Å². The Morgan fingerprint density at radius 3 is 2.00 bits per heavy atom. The van der Waals surface area contributed by atoms with Gasteiger partial charge in [0.15, 0.2) is 0 Å². The van der Waals surface area contributed by atoms with Crippen LogP contribution in [0.2, 0.25) is 0 Å². The van der Waals surface area contributed by atoms with E-state index in [1.807, 2.05) is 30.3 Å². The molecule has 0 saturated heterocycles. The van der Waals surface area contributed by atoms with E-state index >= 15 is 0 Å². The lowest BCUT2D eigenvalue weighted by atomic mass is 9.68. The molecule has 0 radical (unpaired) electrons. The Balaban J connectivity index is 2.14. The minimum atomic E-state index is -0.165. The second-order valence-electron chi connectivity index (χ2n) is 7.50. The van der Waals surface area contributed by atoms with Gasteiger partial charge in [-0.05, 0) is 29.3 Å². The zero-order chi connectivity index (χ0) is 18.8. The van der Waals surface area contributed by atoms with E-state index in [1.54, 1.807) is 14.2 Å². The smallest absolute Gasteiger partial charge is 0.365 e. The number of hydrogen-bond acceptors (Lipinski definition) is 2. The molecule has 0 fully saturated rings. The predicted octanol–water partition coefficient (Wildman–Crippen LogP) is 6.19. The third-order valence-electron chi connectivity index (χ3n) is 5.80. The maximum Gasteiger partial charge on any atom is 0.365 e. The van der Waals surface area contributed by atoms with Gasteiger partial charge >= 0.3 is 11.2 Å². The van der Waals surface area contributed by atoms with Crippen LogP contribution in [0.3, 0.4) is 0 Å². The minimum Gasteiger partial charge on any atom is -0.496 e. The average molecular weight is 357 g/mol. The van der Waals surface area contributed by atoms with Crippen molar-refractivity contribution in [2.24, 2.45) is 0 Å². The summed E-state index contributed by atoms with van der Waals surface area (Å²) < 4.78 is 17.8. The molecule has 0 spiro atoms. The van der Waals surface area contributed by atoms with E-state index in [1.165, 1.54) is 11.1 Å². The van der Waals surface area contributed by atoms with Crippen LogP contribution in [0.25, 0.3) is 33.1 Å². The molecule has 0 saturated carbocycles. The summed E-state index contributed by atoms with van der Waals surface area (Å²) in [6, 6.07) is 18.5. The molecule has 0 unspecified atom stereocenters. The summed E-state index contributed by atoms with van der Waals surface area (Å²) in [6.07, 6.45) is 0. The van der Waals surface area contributed by atoms with Gasteiger partial charge in [0.05, 0.1) is 19.6 Å². The molecule has 1 heterocycles. The van der Waals surface area contributed by atoms with Gasteiger partial charge in [0, 0.05) is 28.7 Å². The van der Waals surface area contributed by atoms with Crippen molar-refractivity contribution in [2.45, 2.75) is 19.3 Å². The van der Waals surface area contributed by atoms with Crippen LogP contribution in [0.5, 0.6) is 11.5 Å². The van der Waals surface area contributed by atoms with Crippen LogP contribution in [0.15, 0.2) is 59.0 Å². The highest BCUT2D eigenvalue weighted by Gasteiger charge is 2.39. The fraction of sp³-hybridized carbons (Fsp3) is 0.208. The number of fused-ring (bicyclic) bond motifs is 4. The van der Waals surface area contributed by atoms with E-state index in [0.29, 0.717) is 0 Å².